The second kappa shape index (κ2) is 8.72. The van der Waals surface area contributed by atoms with E-state index in [0.29, 0.717) is 6.04 Å². The minimum Gasteiger partial charge on any atom is -0.350 e. The third-order valence-corrected chi connectivity index (χ3v) is 7.41. The summed E-state index contributed by atoms with van der Waals surface area (Å²) in [5.74, 6) is 0.718. The summed E-state index contributed by atoms with van der Waals surface area (Å²) in [4.78, 5) is 14.2. The first kappa shape index (κ1) is 20.6. The Morgan fingerprint density at radius 2 is 1.79 bits per heavy atom. The Morgan fingerprint density at radius 3 is 2.64 bits per heavy atom. The predicted molar refractivity (Wildman–Crippen MR) is 132 cm³/mol. The van der Waals surface area contributed by atoms with Crippen LogP contribution in [0.25, 0.3) is 27.5 Å². The molecule has 0 spiro atoms. The van der Waals surface area contributed by atoms with Gasteiger partial charge in [-0.05, 0) is 62.6 Å². The molecule has 4 aromatic rings. The number of hydrogen-bond donors (Lipinski definition) is 1. The van der Waals surface area contributed by atoms with E-state index in [1.807, 2.05) is 29.2 Å². The molecule has 1 N–H and O–H groups in total. The van der Waals surface area contributed by atoms with Gasteiger partial charge in [0.1, 0.15) is 0 Å². The summed E-state index contributed by atoms with van der Waals surface area (Å²) < 4.78 is 1.94. The standard InChI is InChI=1S/C26H31N7/c1-31-13-15-32(16-14-31)22-7-5-21(6-8-22)29-26-28-18-25-23(10-12-33(25)30-26)19-4-9-24-20(17-19)3-2-11-27-24/h2-4,9-12,17-18,21-22H,5-8,13-16H2,1H3,(H,29,30)/t21-,22+. The summed E-state index contributed by atoms with van der Waals surface area (Å²) >= 11 is 0. The molecule has 1 aliphatic heterocycles. The fourth-order valence-electron chi connectivity index (χ4n) is 5.41. The SMILES string of the molecule is CN1CCN([C@H]2CC[C@@H](Nc3ncc4c(-c5ccc6ncccc6c5)ccn4n3)CC2)CC1. The minimum absolute atomic E-state index is 0.453. The van der Waals surface area contributed by atoms with Gasteiger partial charge >= 0.3 is 0 Å². The molecule has 33 heavy (non-hydrogen) atoms. The van der Waals surface area contributed by atoms with Crippen molar-refractivity contribution in [3.63, 3.8) is 0 Å². The molecule has 0 atom stereocenters. The predicted octanol–water partition coefficient (Wildman–Crippen LogP) is 3.92. The molecule has 7 heteroatoms. The Morgan fingerprint density at radius 1 is 0.939 bits per heavy atom. The Labute approximate surface area is 194 Å². The number of anilines is 1. The summed E-state index contributed by atoms with van der Waals surface area (Å²) in [6.45, 7) is 4.81. The lowest BCUT2D eigenvalue weighted by Crippen LogP contribution is -2.50. The van der Waals surface area contributed by atoms with Crippen LogP contribution in [0.4, 0.5) is 5.95 Å². The van der Waals surface area contributed by atoms with Crippen LogP contribution >= 0.6 is 0 Å². The summed E-state index contributed by atoms with van der Waals surface area (Å²) in [5.41, 5.74) is 4.32. The van der Waals surface area contributed by atoms with E-state index in [1.165, 1.54) is 51.9 Å². The van der Waals surface area contributed by atoms with Gasteiger partial charge in [-0.3, -0.25) is 9.88 Å². The van der Waals surface area contributed by atoms with E-state index in [4.69, 9.17) is 5.10 Å². The number of benzene rings is 1. The van der Waals surface area contributed by atoms with Gasteiger partial charge in [0.15, 0.2) is 0 Å². The van der Waals surface area contributed by atoms with E-state index in [-0.39, 0.29) is 0 Å². The van der Waals surface area contributed by atoms with Crippen molar-refractivity contribution in [3.05, 3.63) is 55.0 Å². The highest BCUT2D eigenvalue weighted by Gasteiger charge is 2.28. The van der Waals surface area contributed by atoms with Gasteiger partial charge in [0.05, 0.1) is 17.2 Å². The average molecular weight is 442 g/mol. The molecule has 0 radical (unpaired) electrons. The number of likely N-dealkylation sites (N-methyl/N-ethyl adjacent to an activating group) is 1. The van der Waals surface area contributed by atoms with Crippen LogP contribution in [0.1, 0.15) is 25.7 Å². The maximum Gasteiger partial charge on any atom is 0.241 e. The number of pyridine rings is 1. The van der Waals surface area contributed by atoms with Crippen molar-refractivity contribution in [1.82, 2.24) is 29.4 Å². The molecule has 0 amide bonds. The van der Waals surface area contributed by atoms with Crippen LogP contribution in [0, 0.1) is 0 Å². The normalized spacial score (nSPS) is 22.7. The molecule has 1 saturated heterocycles. The van der Waals surface area contributed by atoms with Crippen molar-refractivity contribution in [2.45, 2.75) is 37.8 Å². The minimum atomic E-state index is 0.453. The van der Waals surface area contributed by atoms with E-state index in [0.717, 1.165) is 39.5 Å². The Hall–Kier alpha value is -3.03. The van der Waals surface area contributed by atoms with Gasteiger partial charge in [-0.15, -0.1) is 5.10 Å². The lowest BCUT2D eigenvalue weighted by Gasteiger charge is -2.41. The van der Waals surface area contributed by atoms with Crippen LogP contribution in [0.15, 0.2) is 55.0 Å². The fraction of sp³-hybridized carbons (Fsp3) is 0.423. The third-order valence-electron chi connectivity index (χ3n) is 7.41. The van der Waals surface area contributed by atoms with Crippen LogP contribution < -0.4 is 5.32 Å². The quantitative estimate of drug-likeness (QED) is 0.518. The summed E-state index contributed by atoms with van der Waals surface area (Å²) in [7, 11) is 2.22. The molecule has 170 valence electrons. The number of nitrogens with one attached hydrogen (secondary N) is 1. The molecule has 2 fully saturated rings. The molecule has 6 rings (SSSR count). The lowest BCUT2D eigenvalue weighted by molar-refractivity contribution is 0.0893. The van der Waals surface area contributed by atoms with Crippen LogP contribution in [0.5, 0.6) is 0 Å². The highest BCUT2D eigenvalue weighted by atomic mass is 15.3. The Kier molecular flexibility index (Phi) is 5.44. The maximum absolute atomic E-state index is 4.76. The fourth-order valence-corrected chi connectivity index (χ4v) is 5.41. The molecule has 1 aliphatic carbocycles. The zero-order valence-electron chi connectivity index (χ0n) is 19.2. The van der Waals surface area contributed by atoms with Gasteiger partial charge in [-0.25, -0.2) is 9.50 Å². The van der Waals surface area contributed by atoms with Crippen LogP contribution in [0.2, 0.25) is 0 Å². The Balaban J connectivity index is 1.13. The lowest BCUT2D eigenvalue weighted by atomic mass is 9.90. The van der Waals surface area contributed by atoms with Gasteiger partial charge in [-0.1, -0.05) is 12.1 Å². The van der Waals surface area contributed by atoms with Gasteiger partial charge in [0.2, 0.25) is 5.95 Å². The third kappa shape index (κ3) is 4.18. The first-order valence-corrected chi connectivity index (χ1v) is 12.1. The van der Waals surface area contributed by atoms with Crippen molar-refractivity contribution in [2.75, 3.05) is 38.5 Å². The van der Waals surface area contributed by atoms with E-state index in [1.54, 1.807) is 0 Å². The van der Waals surface area contributed by atoms with Crippen LogP contribution in [0.3, 0.4) is 0 Å². The molecule has 1 saturated carbocycles. The first-order chi connectivity index (χ1) is 16.2. The average Bonchev–Trinajstić information content (AvgIpc) is 3.28. The van der Waals surface area contributed by atoms with Gasteiger partial charge in [0.25, 0.3) is 0 Å². The summed E-state index contributed by atoms with van der Waals surface area (Å²) in [6, 6.07) is 13.8. The second-order valence-electron chi connectivity index (χ2n) is 9.54. The molecule has 0 unspecified atom stereocenters. The van der Waals surface area contributed by atoms with Gasteiger partial charge in [0, 0.05) is 61.6 Å². The van der Waals surface area contributed by atoms with E-state index in [9.17, 15) is 0 Å². The number of fused-ring (bicyclic) bond motifs is 2. The number of rotatable bonds is 4. The number of piperazine rings is 1. The highest BCUT2D eigenvalue weighted by molar-refractivity contribution is 5.88. The van der Waals surface area contributed by atoms with Crippen molar-refractivity contribution < 1.29 is 0 Å². The zero-order valence-corrected chi connectivity index (χ0v) is 19.2. The molecule has 4 heterocycles. The van der Waals surface area contributed by atoms with Crippen LogP contribution in [-0.2, 0) is 0 Å². The molecule has 7 nitrogen and oxygen atoms in total. The summed E-state index contributed by atoms with van der Waals surface area (Å²) in [6.07, 6.45) is 10.7. The van der Waals surface area contributed by atoms with Crippen LogP contribution in [-0.4, -0.2) is 74.7 Å². The van der Waals surface area contributed by atoms with E-state index < -0.39 is 0 Å². The number of hydrogen-bond acceptors (Lipinski definition) is 6. The van der Waals surface area contributed by atoms with Crippen molar-refractivity contribution >= 4 is 22.4 Å². The smallest absolute Gasteiger partial charge is 0.241 e. The van der Waals surface area contributed by atoms with Crippen molar-refractivity contribution in [3.8, 4) is 11.1 Å². The topological polar surface area (TPSA) is 61.6 Å². The van der Waals surface area contributed by atoms with E-state index in [2.05, 4.69) is 62.5 Å². The zero-order chi connectivity index (χ0) is 22.2. The van der Waals surface area contributed by atoms with Crippen molar-refractivity contribution in [2.24, 2.45) is 0 Å². The summed E-state index contributed by atoms with van der Waals surface area (Å²) in [5, 5.41) is 9.50. The van der Waals surface area contributed by atoms with Crippen molar-refractivity contribution in [1.29, 1.82) is 0 Å². The van der Waals surface area contributed by atoms with Gasteiger partial charge < -0.3 is 10.2 Å². The molecular weight excluding hydrogens is 410 g/mol. The number of nitrogens with zero attached hydrogens (tertiary/aromatic N) is 6. The number of aromatic nitrogens is 4. The Bertz CT molecular complexity index is 1250. The monoisotopic (exact) mass is 441 g/mol. The highest BCUT2D eigenvalue weighted by Crippen LogP contribution is 2.29. The van der Waals surface area contributed by atoms with Gasteiger partial charge in [-0.2, -0.15) is 0 Å². The largest absolute Gasteiger partial charge is 0.350 e. The second-order valence-corrected chi connectivity index (χ2v) is 9.54. The molecule has 3 aromatic heterocycles. The molecule has 2 aliphatic rings. The molecule has 1 aromatic carbocycles. The molecule has 0 bridgehead atoms. The maximum atomic E-state index is 4.76. The molecular formula is C26H31N7. The first-order valence-electron chi connectivity index (χ1n) is 12.1. The van der Waals surface area contributed by atoms with E-state index >= 15 is 0 Å².